The first-order valence-corrected chi connectivity index (χ1v) is 12.0. The number of hydrogen-bond donors (Lipinski definition) is 4. The van der Waals surface area contributed by atoms with Crippen LogP contribution < -0.4 is 21.1 Å². The zero-order valence-corrected chi connectivity index (χ0v) is 19.9. The molecule has 1 amide bonds. The highest BCUT2D eigenvalue weighted by atomic mass is 32.2. The molecule has 0 saturated heterocycles. The molecule has 176 valence electrons. The van der Waals surface area contributed by atoms with Crippen molar-refractivity contribution in [3.8, 4) is 22.3 Å². The van der Waals surface area contributed by atoms with Gasteiger partial charge in [0, 0.05) is 58.3 Å². The molecular formula is C27H24FN5OS. The van der Waals surface area contributed by atoms with Crippen LogP contribution in [-0.4, -0.2) is 24.5 Å². The summed E-state index contributed by atoms with van der Waals surface area (Å²) >= 11 is 1.34. The summed E-state index contributed by atoms with van der Waals surface area (Å²) in [6.07, 6.45) is 2.33. The van der Waals surface area contributed by atoms with Crippen LogP contribution in [0.15, 0.2) is 77.8 Å². The number of carbonyl (C=O) groups is 1. The van der Waals surface area contributed by atoms with Crippen LogP contribution in [0.2, 0.25) is 0 Å². The molecule has 0 unspecified atom stereocenters. The van der Waals surface area contributed by atoms with Gasteiger partial charge in [0.2, 0.25) is 0 Å². The fraction of sp³-hybridized carbons (Fsp3) is 0.111. The normalized spacial score (nSPS) is 12.6. The van der Waals surface area contributed by atoms with Gasteiger partial charge in [0.05, 0.1) is 0 Å². The van der Waals surface area contributed by atoms with Crippen LogP contribution in [0, 0.1) is 5.82 Å². The van der Waals surface area contributed by atoms with Crippen LogP contribution in [-0.2, 0) is 6.42 Å². The Labute approximate surface area is 207 Å². The molecule has 0 radical (unpaired) electrons. The third kappa shape index (κ3) is 4.79. The Bertz CT molecular complexity index is 1410. The number of anilines is 3. The highest BCUT2D eigenvalue weighted by Crippen LogP contribution is 2.34. The van der Waals surface area contributed by atoms with E-state index in [1.54, 1.807) is 18.3 Å². The van der Waals surface area contributed by atoms with E-state index in [0.29, 0.717) is 34.6 Å². The van der Waals surface area contributed by atoms with E-state index in [2.05, 4.69) is 20.3 Å². The van der Waals surface area contributed by atoms with Crippen LogP contribution in [0.4, 0.5) is 21.6 Å². The lowest BCUT2D eigenvalue weighted by Gasteiger charge is -2.18. The highest BCUT2D eigenvalue weighted by Gasteiger charge is 2.18. The fourth-order valence-electron chi connectivity index (χ4n) is 4.07. The standard InChI is InChI=1S/C27H24FN5OS/c1-30-19-3-5-20(6-4-19)33-35-21-7-9-22(25(28)14-21)18-13-24(26(29)32-15-18)16-2-8-23-17(12-16)10-11-31-27(23)34/h2-9,12-15,30,33H,10-11H2,1H3,(H2,29,32)(H,31,34). The van der Waals surface area contributed by atoms with Gasteiger partial charge in [0.1, 0.15) is 11.6 Å². The van der Waals surface area contributed by atoms with Crippen molar-refractivity contribution in [2.75, 3.05) is 29.4 Å². The van der Waals surface area contributed by atoms with Crippen LogP contribution in [0.25, 0.3) is 22.3 Å². The molecule has 5 N–H and O–H groups in total. The summed E-state index contributed by atoms with van der Waals surface area (Å²) in [6.45, 7) is 0.606. The summed E-state index contributed by atoms with van der Waals surface area (Å²) in [5.41, 5.74) is 12.4. The molecule has 0 aliphatic carbocycles. The monoisotopic (exact) mass is 485 g/mol. The minimum Gasteiger partial charge on any atom is -0.388 e. The van der Waals surface area contributed by atoms with Gasteiger partial charge in [-0.15, -0.1) is 0 Å². The molecule has 35 heavy (non-hydrogen) atoms. The Kier molecular flexibility index (Phi) is 6.29. The quantitative estimate of drug-likeness (QED) is 0.266. The first kappa shape index (κ1) is 22.7. The van der Waals surface area contributed by atoms with Crippen molar-refractivity contribution in [2.24, 2.45) is 0 Å². The number of amides is 1. The summed E-state index contributed by atoms with van der Waals surface area (Å²) < 4.78 is 18.3. The van der Waals surface area contributed by atoms with Crippen molar-refractivity contribution in [2.45, 2.75) is 11.3 Å². The molecule has 0 bridgehead atoms. The van der Waals surface area contributed by atoms with E-state index in [0.717, 1.165) is 33.8 Å². The molecule has 1 aromatic heterocycles. The fourth-order valence-corrected chi connectivity index (χ4v) is 4.74. The molecule has 3 aromatic carbocycles. The Morgan fingerprint density at radius 1 is 0.943 bits per heavy atom. The van der Waals surface area contributed by atoms with Gasteiger partial charge < -0.3 is 21.1 Å². The molecular weight excluding hydrogens is 461 g/mol. The van der Waals surface area contributed by atoms with E-state index in [-0.39, 0.29) is 11.7 Å². The van der Waals surface area contributed by atoms with Gasteiger partial charge in [0.15, 0.2) is 0 Å². The summed E-state index contributed by atoms with van der Waals surface area (Å²) in [4.78, 5) is 17.1. The highest BCUT2D eigenvalue weighted by molar-refractivity contribution is 8.00. The SMILES string of the molecule is CNc1ccc(NSc2ccc(-c3cnc(N)c(-c4ccc5c(c4)CCNC5=O)c3)c(F)c2)cc1. The molecule has 8 heteroatoms. The summed E-state index contributed by atoms with van der Waals surface area (Å²) in [5.74, 6) is -0.0563. The number of nitrogens with zero attached hydrogens (tertiary/aromatic N) is 1. The van der Waals surface area contributed by atoms with Crippen LogP contribution in [0.3, 0.4) is 0 Å². The Morgan fingerprint density at radius 2 is 1.71 bits per heavy atom. The average Bonchev–Trinajstić information content (AvgIpc) is 2.88. The van der Waals surface area contributed by atoms with Gasteiger partial charge in [-0.2, -0.15) is 0 Å². The molecule has 6 nitrogen and oxygen atoms in total. The van der Waals surface area contributed by atoms with Crippen molar-refractivity contribution in [3.63, 3.8) is 0 Å². The first-order valence-electron chi connectivity index (χ1n) is 11.2. The maximum Gasteiger partial charge on any atom is 0.251 e. The van der Waals surface area contributed by atoms with Gasteiger partial charge >= 0.3 is 0 Å². The second kappa shape index (κ2) is 9.68. The number of benzene rings is 3. The van der Waals surface area contributed by atoms with Crippen LogP contribution >= 0.6 is 11.9 Å². The number of carbonyl (C=O) groups excluding carboxylic acids is 1. The Balaban J connectivity index is 1.38. The van der Waals surface area contributed by atoms with E-state index < -0.39 is 0 Å². The van der Waals surface area contributed by atoms with Gasteiger partial charge in [-0.1, -0.05) is 18.2 Å². The number of aromatic nitrogens is 1. The van der Waals surface area contributed by atoms with E-state index in [1.807, 2.05) is 55.6 Å². The van der Waals surface area contributed by atoms with Gasteiger partial charge in [0.25, 0.3) is 5.91 Å². The van der Waals surface area contributed by atoms with E-state index >= 15 is 4.39 Å². The van der Waals surface area contributed by atoms with Gasteiger partial charge in [-0.05, 0) is 78.0 Å². The van der Waals surface area contributed by atoms with Crippen molar-refractivity contribution in [1.82, 2.24) is 10.3 Å². The molecule has 4 aromatic rings. The van der Waals surface area contributed by atoms with Gasteiger partial charge in [-0.3, -0.25) is 4.79 Å². The summed E-state index contributed by atoms with van der Waals surface area (Å²) in [6, 6.07) is 20.4. The molecule has 0 fully saturated rings. The number of rotatable bonds is 6. The average molecular weight is 486 g/mol. The zero-order chi connectivity index (χ0) is 24.4. The second-order valence-electron chi connectivity index (χ2n) is 8.21. The summed E-state index contributed by atoms with van der Waals surface area (Å²) in [5, 5.41) is 5.92. The minimum absolute atomic E-state index is 0.0675. The lowest BCUT2D eigenvalue weighted by Crippen LogP contribution is -2.31. The lowest BCUT2D eigenvalue weighted by atomic mass is 9.94. The number of nitrogens with one attached hydrogen (secondary N) is 3. The van der Waals surface area contributed by atoms with Crippen LogP contribution in [0.1, 0.15) is 15.9 Å². The molecule has 0 spiro atoms. The first-order chi connectivity index (χ1) is 17.0. The third-order valence-electron chi connectivity index (χ3n) is 5.97. The number of halogens is 1. The Hall–Kier alpha value is -4.04. The lowest BCUT2D eigenvalue weighted by molar-refractivity contribution is 0.0946. The van der Waals surface area contributed by atoms with Crippen molar-refractivity contribution in [1.29, 1.82) is 0 Å². The molecule has 2 heterocycles. The smallest absolute Gasteiger partial charge is 0.251 e. The maximum absolute atomic E-state index is 15.1. The molecule has 0 atom stereocenters. The number of nitrogen functional groups attached to an aromatic ring is 1. The van der Waals surface area contributed by atoms with E-state index in [4.69, 9.17) is 5.73 Å². The van der Waals surface area contributed by atoms with Crippen LogP contribution in [0.5, 0.6) is 0 Å². The Morgan fingerprint density at radius 3 is 2.49 bits per heavy atom. The zero-order valence-electron chi connectivity index (χ0n) is 19.1. The largest absolute Gasteiger partial charge is 0.388 e. The maximum atomic E-state index is 15.1. The minimum atomic E-state index is -0.345. The van der Waals surface area contributed by atoms with E-state index in [1.165, 1.54) is 18.0 Å². The number of nitrogens with two attached hydrogens (primary N) is 1. The van der Waals surface area contributed by atoms with E-state index in [9.17, 15) is 4.79 Å². The molecule has 5 rings (SSSR count). The predicted octanol–water partition coefficient (Wildman–Crippen LogP) is 5.58. The number of hydrogen-bond acceptors (Lipinski definition) is 6. The van der Waals surface area contributed by atoms with Crippen molar-refractivity contribution >= 4 is 35.0 Å². The topological polar surface area (TPSA) is 92.1 Å². The van der Waals surface area contributed by atoms with Gasteiger partial charge in [-0.25, -0.2) is 9.37 Å². The second-order valence-corrected chi connectivity index (χ2v) is 9.09. The molecule has 1 aliphatic heterocycles. The van der Waals surface area contributed by atoms with Crippen molar-refractivity contribution in [3.05, 3.63) is 89.9 Å². The third-order valence-corrected chi connectivity index (χ3v) is 6.80. The predicted molar refractivity (Wildman–Crippen MR) is 141 cm³/mol. The number of pyridine rings is 1. The number of fused-ring (bicyclic) bond motifs is 1. The van der Waals surface area contributed by atoms with Crippen molar-refractivity contribution < 1.29 is 9.18 Å². The molecule has 1 aliphatic rings. The molecule has 0 saturated carbocycles. The summed E-state index contributed by atoms with van der Waals surface area (Å²) in [7, 11) is 1.87.